The molecule has 0 radical (unpaired) electrons. The van der Waals surface area contributed by atoms with Gasteiger partial charge in [-0.3, -0.25) is 15.3 Å². The molecule has 0 aliphatic heterocycles. The maximum Gasteiger partial charge on any atom is 0.293 e. The molecule has 0 bridgehead atoms. The third-order valence-corrected chi connectivity index (χ3v) is 1.54. The minimum Gasteiger partial charge on any atom is -0.456 e. The van der Waals surface area contributed by atoms with E-state index in [4.69, 9.17) is 11.1 Å². The first-order valence-corrected chi connectivity index (χ1v) is 3.64. The third kappa shape index (κ3) is 3.44. The number of amidine groups is 1. The van der Waals surface area contributed by atoms with Crippen LogP contribution in [0.5, 0.6) is 0 Å². The van der Waals surface area contributed by atoms with Gasteiger partial charge in [-0.15, -0.1) is 12.4 Å². The molecule has 1 rings (SSSR count). The van der Waals surface area contributed by atoms with Crippen molar-refractivity contribution >= 4 is 24.7 Å². The Bertz CT molecular complexity index is 288. The molecule has 14 heavy (non-hydrogen) atoms. The molecule has 0 aromatic carbocycles. The van der Waals surface area contributed by atoms with Crippen molar-refractivity contribution < 1.29 is 9.53 Å². The molecule has 0 fully saturated rings. The van der Waals surface area contributed by atoms with Gasteiger partial charge in [0.25, 0.3) is 6.47 Å². The van der Waals surface area contributed by atoms with E-state index in [1.54, 1.807) is 12.4 Å². The van der Waals surface area contributed by atoms with Gasteiger partial charge in [0.1, 0.15) is 5.84 Å². The molecule has 1 aromatic heterocycles. The lowest BCUT2D eigenvalue weighted by atomic mass is 10.1. The van der Waals surface area contributed by atoms with E-state index < -0.39 is 6.10 Å². The molecule has 0 saturated carbocycles. The van der Waals surface area contributed by atoms with Gasteiger partial charge in [-0.05, 0) is 5.56 Å². The maximum absolute atomic E-state index is 10.1. The van der Waals surface area contributed by atoms with Gasteiger partial charge in [0.2, 0.25) is 0 Å². The highest BCUT2D eigenvalue weighted by Gasteiger charge is 2.13. The van der Waals surface area contributed by atoms with E-state index in [-0.39, 0.29) is 24.7 Å². The molecular weight excluding hydrogens is 208 g/mol. The molecule has 1 atom stereocenters. The average Bonchev–Trinajstić information content (AvgIpc) is 2.56. The number of rotatable bonds is 5. The SMILES string of the molecule is Cl.N=C(N)C(Cc1cn[nH]c1)OC=O. The van der Waals surface area contributed by atoms with Gasteiger partial charge in [0.05, 0.1) is 6.20 Å². The first-order chi connectivity index (χ1) is 6.24. The van der Waals surface area contributed by atoms with E-state index in [0.717, 1.165) is 5.56 Å². The van der Waals surface area contributed by atoms with Crippen molar-refractivity contribution in [2.45, 2.75) is 12.5 Å². The highest BCUT2D eigenvalue weighted by Crippen LogP contribution is 2.02. The van der Waals surface area contributed by atoms with Crippen molar-refractivity contribution in [2.75, 3.05) is 0 Å². The van der Waals surface area contributed by atoms with Crippen LogP contribution >= 0.6 is 12.4 Å². The van der Waals surface area contributed by atoms with Crippen molar-refractivity contribution in [2.24, 2.45) is 5.73 Å². The number of halogens is 1. The van der Waals surface area contributed by atoms with Crippen molar-refractivity contribution in [3.63, 3.8) is 0 Å². The highest BCUT2D eigenvalue weighted by molar-refractivity contribution is 5.85. The zero-order valence-electron chi connectivity index (χ0n) is 7.27. The molecule has 0 saturated heterocycles. The minimum absolute atomic E-state index is 0. The second kappa shape index (κ2) is 5.98. The summed E-state index contributed by atoms with van der Waals surface area (Å²) in [6, 6.07) is 0. The molecule has 1 unspecified atom stereocenters. The van der Waals surface area contributed by atoms with Crippen LogP contribution in [0, 0.1) is 5.41 Å². The van der Waals surface area contributed by atoms with Crippen LogP contribution in [0.2, 0.25) is 0 Å². The van der Waals surface area contributed by atoms with Crippen LogP contribution < -0.4 is 5.73 Å². The summed E-state index contributed by atoms with van der Waals surface area (Å²) in [6.45, 7) is 0.284. The summed E-state index contributed by atoms with van der Waals surface area (Å²) in [5.41, 5.74) is 6.04. The van der Waals surface area contributed by atoms with E-state index in [9.17, 15) is 4.79 Å². The Morgan fingerprint density at radius 1 is 1.86 bits per heavy atom. The molecule has 0 aliphatic carbocycles. The second-order valence-corrected chi connectivity index (χ2v) is 2.49. The van der Waals surface area contributed by atoms with Gasteiger partial charge in [-0.2, -0.15) is 5.10 Å². The first kappa shape index (κ1) is 12.4. The molecule has 78 valence electrons. The van der Waals surface area contributed by atoms with Crippen LogP contribution in [-0.4, -0.2) is 28.6 Å². The Kier molecular flexibility index (Phi) is 5.31. The Balaban J connectivity index is 0.00000169. The van der Waals surface area contributed by atoms with E-state index in [0.29, 0.717) is 6.42 Å². The smallest absolute Gasteiger partial charge is 0.293 e. The zero-order chi connectivity index (χ0) is 9.68. The monoisotopic (exact) mass is 218 g/mol. The van der Waals surface area contributed by atoms with Crippen molar-refractivity contribution in [3.05, 3.63) is 18.0 Å². The molecule has 6 nitrogen and oxygen atoms in total. The molecule has 7 heteroatoms. The predicted molar refractivity (Wildman–Crippen MR) is 52.4 cm³/mol. The number of nitrogens with one attached hydrogen (secondary N) is 2. The van der Waals surface area contributed by atoms with Crippen molar-refractivity contribution in [1.82, 2.24) is 10.2 Å². The number of aromatic nitrogens is 2. The van der Waals surface area contributed by atoms with E-state index >= 15 is 0 Å². The summed E-state index contributed by atoms with van der Waals surface area (Å²) in [5, 5.41) is 13.4. The van der Waals surface area contributed by atoms with Crippen LogP contribution in [0.4, 0.5) is 0 Å². The Hall–Kier alpha value is -1.56. The molecule has 0 spiro atoms. The summed E-state index contributed by atoms with van der Waals surface area (Å²) in [4.78, 5) is 10.1. The topological polar surface area (TPSA) is 105 Å². The van der Waals surface area contributed by atoms with Crippen LogP contribution in [0.1, 0.15) is 5.56 Å². The van der Waals surface area contributed by atoms with Gasteiger partial charge in [-0.1, -0.05) is 0 Å². The number of nitrogens with two attached hydrogens (primary N) is 1. The lowest BCUT2D eigenvalue weighted by Crippen LogP contribution is -2.32. The summed E-state index contributed by atoms with van der Waals surface area (Å²) in [5.74, 6) is -0.173. The van der Waals surface area contributed by atoms with Crippen LogP contribution in [0.25, 0.3) is 0 Å². The summed E-state index contributed by atoms with van der Waals surface area (Å²) >= 11 is 0. The second-order valence-electron chi connectivity index (χ2n) is 2.49. The number of H-pyrrole nitrogens is 1. The fourth-order valence-electron chi connectivity index (χ4n) is 0.902. The number of ether oxygens (including phenoxy) is 1. The number of nitrogens with zero attached hydrogens (tertiary/aromatic N) is 1. The van der Waals surface area contributed by atoms with Gasteiger partial charge < -0.3 is 10.5 Å². The largest absolute Gasteiger partial charge is 0.456 e. The molecule has 4 N–H and O–H groups in total. The van der Waals surface area contributed by atoms with Gasteiger partial charge in [0.15, 0.2) is 6.10 Å². The van der Waals surface area contributed by atoms with E-state index in [2.05, 4.69) is 14.9 Å². The van der Waals surface area contributed by atoms with Crippen molar-refractivity contribution in [1.29, 1.82) is 5.41 Å². The number of aromatic amines is 1. The van der Waals surface area contributed by atoms with E-state index in [1.807, 2.05) is 0 Å². The molecule has 1 heterocycles. The predicted octanol–water partition coefficient (Wildman–Crippen LogP) is -0.148. The number of carbonyl (C=O) groups is 1. The quantitative estimate of drug-likeness (QED) is 0.363. The van der Waals surface area contributed by atoms with Crippen LogP contribution in [0.15, 0.2) is 12.4 Å². The summed E-state index contributed by atoms with van der Waals surface area (Å²) in [6.07, 6.45) is 2.91. The summed E-state index contributed by atoms with van der Waals surface area (Å²) < 4.78 is 4.60. The molecular formula is C7H11ClN4O2. The fraction of sp³-hybridized carbons (Fsp3) is 0.286. The van der Waals surface area contributed by atoms with Crippen molar-refractivity contribution in [3.8, 4) is 0 Å². The highest BCUT2D eigenvalue weighted by atomic mass is 35.5. The Morgan fingerprint density at radius 3 is 3.00 bits per heavy atom. The number of carbonyl (C=O) groups excluding carboxylic acids is 1. The Labute approximate surface area is 86.7 Å². The maximum atomic E-state index is 10.1. The number of hydrogen-bond donors (Lipinski definition) is 3. The van der Waals surface area contributed by atoms with Crippen LogP contribution in [-0.2, 0) is 16.0 Å². The lowest BCUT2D eigenvalue weighted by Gasteiger charge is -2.11. The van der Waals surface area contributed by atoms with E-state index in [1.165, 1.54) is 0 Å². The van der Waals surface area contributed by atoms with Gasteiger partial charge >= 0.3 is 0 Å². The Morgan fingerprint density at radius 2 is 2.57 bits per heavy atom. The average molecular weight is 219 g/mol. The van der Waals surface area contributed by atoms with Gasteiger partial charge in [-0.25, -0.2) is 0 Å². The normalized spacial score (nSPS) is 11.1. The van der Waals surface area contributed by atoms with Crippen LogP contribution in [0.3, 0.4) is 0 Å². The van der Waals surface area contributed by atoms with Gasteiger partial charge in [0, 0.05) is 12.6 Å². The standard InChI is InChI=1S/C7H10N4O2.ClH/c8-7(9)6(13-4-12)1-5-2-10-11-3-5;/h2-4,6H,1H2,(H3,8,9)(H,10,11);1H. The third-order valence-electron chi connectivity index (χ3n) is 1.54. The number of hydrogen-bond acceptors (Lipinski definition) is 4. The fourth-order valence-corrected chi connectivity index (χ4v) is 0.902. The zero-order valence-corrected chi connectivity index (χ0v) is 8.08. The first-order valence-electron chi connectivity index (χ1n) is 3.64. The minimum atomic E-state index is -0.699. The lowest BCUT2D eigenvalue weighted by molar-refractivity contribution is -0.130. The molecule has 0 amide bonds. The molecule has 0 aliphatic rings. The molecule has 1 aromatic rings. The summed E-state index contributed by atoms with van der Waals surface area (Å²) in [7, 11) is 0.